The standard InChI is InChI=1S/C25H36N2O4/c1-3-18-15-24(29)31-25-20(18)9-10-23(28)21(25)17-26(13-14-30-2)16-19-7-6-12-27-11-5-4-8-22(19)27/h9-10,15,19,22,28H,3-8,11-14,16-17H2,1-2H3/t19-,22+/m0/s1. The number of rotatable bonds is 8. The Labute approximate surface area is 184 Å². The van der Waals surface area contributed by atoms with Crippen molar-refractivity contribution in [3.05, 3.63) is 39.7 Å². The van der Waals surface area contributed by atoms with Crippen molar-refractivity contribution in [1.29, 1.82) is 0 Å². The van der Waals surface area contributed by atoms with Crippen molar-refractivity contribution < 1.29 is 14.3 Å². The van der Waals surface area contributed by atoms with E-state index in [1.165, 1.54) is 45.2 Å². The normalized spacial score (nSPS) is 22.2. The zero-order valence-electron chi connectivity index (χ0n) is 18.9. The van der Waals surface area contributed by atoms with Crippen LogP contribution in [-0.2, 0) is 17.7 Å². The topological polar surface area (TPSA) is 66.2 Å². The summed E-state index contributed by atoms with van der Waals surface area (Å²) in [6.45, 7) is 7.43. The fourth-order valence-electron chi connectivity index (χ4n) is 5.58. The molecule has 2 aliphatic heterocycles. The number of piperidine rings is 2. The number of methoxy groups -OCH3 is 1. The second-order valence-corrected chi connectivity index (χ2v) is 9.11. The summed E-state index contributed by atoms with van der Waals surface area (Å²) in [5.74, 6) is 0.815. The molecule has 1 aromatic heterocycles. The lowest BCUT2D eigenvalue weighted by Gasteiger charge is -2.45. The summed E-state index contributed by atoms with van der Waals surface area (Å²) < 4.78 is 11.0. The van der Waals surface area contributed by atoms with E-state index in [4.69, 9.17) is 9.15 Å². The molecular weight excluding hydrogens is 392 g/mol. The molecule has 6 nitrogen and oxygen atoms in total. The molecule has 1 N–H and O–H groups in total. The van der Waals surface area contributed by atoms with Crippen LogP contribution < -0.4 is 5.63 Å². The van der Waals surface area contributed by atoms with Crippen molar-refractivity contribution in [2.24, 2.45) is 5.92 Å². The molecule has 0 unspecified atom stereocenters. The van der Waals surface area contributed by atoms with Gasteiger partial charge in [-0.1, -0.05) is 13.3 Å². The quantitative estimate of drug-likeness (QED) is 0.646. The summed E-state index contributed by atoms with van der Waals surface area (Å²) in [6.07, 6.45) is 7.19. The van der Waals surface area contributed by atoms with Gasteiger partial charge in [-0.05, 0) is 68.8 Å². The fraction of sp³-hybridized carbons (Fsp3) is 0.640. The maximum atomic E-state index is 12.2. The first-order valence-electron chi connectivity index (χ1n) is 11.8. The van der Waals surface area contributed by atoms with E-state index in [1.54, 1.807) is 19.2 Å². The molecule has 3 heterocycles. The SMILES string of the molecule is CCc1cc(=O)oc2c(CN(CCOC)C[C@@H]3CCCN4CCCC[C@H]34)c(O)ccc12. The van der Waals surface area contributed by atoms with Gasteiger partial charge in [0.15, 0.2) is 0 Å². The van der Waals surface area contributed by atoms with E-state index in [2.05, 4.69) is 9.80 Å². The molecule has 0 radical (unpaired) electrons. The van der Waals surface area contributed by atoms with E-state index < -0.39 is 0 Å². The van der Waals surface area contributed by atoms with Gasteiger partial charge in [0.05, 0.1) is 12.2 Å². The number of hydrogen-bond donors (Lipinski definition) is 1. The van der Waals surface area contributed by atoms with Crippen LogP contribution >= 0.6 is 0 Å². The predicted octanol–water partition coefficient (Wildman–Crippen LogP) is 3.77. The van der Waals surface area contributed by atoms with Crippen LogP contribution in [0.4, 0.5) is 0 Å². The molecule has 2 aliphatic rings. The Morgan fingerprint density at radius 2 is 2.06 bits per heavy atom. The maximum absolute atomic E-state index is 12.2. The first-order chi connectivity index (χ1) is 15.1. The summed E-state index contributed by atoms with van der Waals surface area (Å²) in [4.78, 5) is 17.2. The number of phenols is 1. The molecule has 2 saturated heterocycles. The van der Waals surface area contributed by atoms with E-state index >= 15 is 0 Å². The third kappa shape index (κ3) is 4.97. The highest BCUT2D eigenvalue weighted by molar-refractivity contribution is 5.85. The highest BCUT2D eigenvalue weighted by Gasteiger charge is 2.34. The molecule has 1 aromatic carbocycles. The number of phenolic OH excluding ortho intramolecular Hbond substituents is 1. The zero-order valence-corrected chi connectivity index (χ0v) is 18.9. The van der Waals surface area contributed by atoms with Crippen molar-refractivity contribution in [2.75, 3.05) is 39.9 Å². The van der Waals surface area contributed by atoms with Crippen LogP contribution in [-0.4, -0.2) is 60.8 Å². The Bertz CT molecular complexity index is 939. The van der Waals surface area contributed by atoms with Gasteiger partial charge in [0.1, 0.15) is 11.3 Å². The molecule has 31 heavy (non-hydrogen) atoms. The van der Waals surface area contributed by atoms with Crippen LogP contribution in [0.2, 0.25) is 0 Å². The summed E-state index contributed by atoms with van der Waals surface area (Å²) >= 11 is 0. The molecule has 0 saturated carbocycles. The molecule has 4 rings (SSSR count). The van der Waals surface area contributed by atoms with Gasteiger partial charge in [0.2, 0.25) is 0 Å². The summed E-state index contributed by atoms with van der Waals surface area (Å²) in [6, 6.07) is 5.81. The molecule has 0 amide bonds. The molecule has 2 atom stereocenters. The van der Waals surface area contributed by atoms with Crippen molar-refractivity contribution in [3.8, 4) is 5.75 Å². The van der Waals surface area contributed by atoms with Crippen LogP contribution in [0.25, 0.3) is 11.0 Å². The monoisotopic (exact) mass is 428 g/mol. The Morgan fingerprint density at radius 3 is 2.87 bits per heavy atom. The lowest BCUT2D eigenvalue weighted by molar-refractivity contribution is 0.0335. The number of aromatic hydroxyl groups is 1. The molecular formula is C25H36N2O4. The molecule has 0 aliphatic carbocycles. The second-order valence-electron chi connectivity index (χ2n) is 9.11. The molecule has 0 spiro atoms. The highest BCUT2D eigenvalue weighted by Crippen LogP contribution is 2.33. The van der Waals surface area contributed by atoms with Gasteiger partial charge >= 0.3 is 5.63 Å². The third-order valence-electron chi connectivity index (χ3n) is 7.17. The van der Waals surface area contributed by atoms with Crippen LogP contribution in [0.1, 0.15) is 50.2 Å². The first-order valence-corrected chi connectivity index (χ1v) is 11.8. The van der Waals surface area contributed by atoms with Gasteiger partial charge in [0.25, 0.3) is 0 Å². The van der Waals surface area contributed by atoms with Crippen molar-refractivity contribution in [1.82, 2.24) is 9.80 Å². The molecule has 2 fully saturated rings. The first kappa shape index (κ1) is 22.3. The Hall–Kier alpha value is -1.89. The number of nitrogens with zero attached hydrogens (tertiary/aromatic N) is 2. The average molecular weight is 429 g/mol. The van der Waals surface area contributed by atoms with Gasteiger partial charge in [-0.2, -0.15) is 0 Å². The fourth-order valence-corrected chi connectivity index (χ4v) is 5.58. The lowest BCUT2D eigenvalue weighted by Crippen LogP contribution is -2.51. The van der Waals surface area contributed by atoms with E-state index in [-0.39, 0.29) is 11.4 Å². The summed E-state index contributed by atoms with van der Waals surface area (Å²) in [7, 11) is 1.73. The van der Waals surface area contributed by atoms with Crippen LogP contribution in [0, 0.1) is 5.92 Å². The number of ether oxygens (including phenoxy) is 1. The summed E-state index contributed by atoms with van der Waals surface area (Å²) in [5.41, 5.74) is 1.83. The van der Waals surface area contributed by atoms with Gasteiger partial charge in [-0.3, -0.25) is 4.90 Å². The number of benzene rings is 1. The van der Waals surface area contributed by atoms with E-state index in [1.807, 2.05) is 13.0 Å². The second kappa shape index (κ2) is 10.2. The number of fused-ring (bicyclic) bond motifs is 2. The third-order valence-corrected chi connectivity index (χ3v) is 7.17. The number of aryl methyl sites for hydroxylation is 1. The van der Waals surface area contributed by atoms with E-state index in [9.17, 15) is 9.90 Å². The van der Waals surface area contributed by atoms with Crippen molar-refractivity contribution >= 4 is 11.0 Å². The maximum Gasteiger partial charge on any atom is 0.336 e. The summed E-state index contributed by atoms with van der Waals surface area (Å²) in [5, 5.41) is 11.6. The largest absolute Gasteiger partial charge is 0.507 e. The smallest absolute Gasteiger partial charge is 0.336 e. The van der Waals surface area contributed by atoms with Crippen LogP contribution in [0.3, 0.4) is 0 Å². The Kier molecular flexibility index (Phi) is 7.31. The molecule has 170 valence electrons. The minimum Gasteiger partial charge on any atom is -0.507 e. The lowest BCUT2D eigenvalue weighted by atomic mass is 9.83. The minimum absolute atomic E-state index is 0.189. The minimum atomic E-state index is -0.357. The highest BCUT2D eigenvalue weighted by atomic mass is 16.5. The van der Waals surface area contributed by atoms with Gasteiger partial charge in [0, 0.05) is 44.2 Å². The van der Waals surface area contributed by atoms with E-state index in [0.717, 1.165) is 30.5 Å². The Balaban J connectivity index is 1.62. The molecule has 6 heteroatoms. The molecule has 2 aromatic rings. The van der Waals surface area contributed by atoms with Gasteiger partial charge < -0.3 is 19.2 Å². The van der Waals surface area contributed by atoms with Crippen LogP contribution in [0.15, 0.2) is 27.4 Å². The number of hydrogen-bond acceptors (Lipinski definition) is 6. The van der Waals surface area contributed by atoms with Crippen molar-refractivity contribution in [3.63, 3.8) is 0 Å². The van der Waals surface area contributed by atoms with E-state index in [0.29, 0.717) is 36.3 Å². The van der Waals surface area contributed by atoms with Gasteiger partial charge in [-0.15, -0.1) is 0 Å². The molecule has 0 bridgehead atoms. The average Bonchev–Trinajstić information content (AvgIpc) is 2.78. The van der Waals surface area contributed by atoms with Gasteiger partial charge in [-0.25, -0.2) is 4.79 Å². The zero-order chi connectivity index (χ0) is 21.8. The van der Waals surface area contributed by atoms with Crippen molar-refractivity contribution in [2.45, 2.75) is 58.0 Å². The van der Waals surface area contributed by atoms with Crippen LogP contribution in [0.5, 0.6) is 5.75 Å². The Morgan fingerprint density at radius 1 is 1.23 bits per heavy atom. The predicted molar refractivity (Wildman–Crippen MR) is 123 cm³/mol.